The van der Waals surface area contributed by atoms with Gasteiger partial charge in [-0.1, -0.05) is 0 Å². The molecule has 2 rings (SSSR count). The van der Waals surface area contributed by atoms with E-state index < -0.39 is 10.9 Å². The second-order valence-electron chi connectivity index (χ2n) is 3.41. The van der Waals surface area contributed by atoms with E-state index in [9.17, 15) is 14.9 Å². The van der Waals surface area contributed by atoms with Crippen molar-refractivity contribution >= 4 is 11.7 Å². The van der Waals surface area contributed by atoms with Gasteiger partial charge in [0, 0.05) is 18.3 Å². The Hall–Kier alpha value is -2.70. The zero-order valence-electron chi connectivity index (χ0n) is 9.44. The Balaban J connectivity index is 2.29. The van der Waals surface area contributed by atoms with Crippen LogP contribution in [0.1, 0.15) is 10.5 Å². The molecule has 0 spiro atoms. The van der Waals surface area contributed by atoms with Crippen molar-refractivity contribution in [1.82, 2.24) is 9.78 Å². The van der Waals surface area contributed by atoms with Gasteiger partial charge in [-0.15, -0.1) is 0 Å². The van der Waals surface area contributed by atoms with Gasteiger partial charge in [0.05, 0.1) is 17.7 Å². The van der Waals surface area contributed by atoms with Crippen molar-refractivity contribution in [3.63, 3.8) is 0 Å². The number of nitro groups is 1. The van der Waals surface area contributed by atoms with Crippen LogP contribution in [-0.4, -0.2) is 27.8 Å². The maximum Gasteiger partial charge on any atom is 0.358 e. The third-order valence-electron chi connectivity index (χ3n) is 2.31. The highest BCUT2D eigenvalue weighted by atomic mass is 16.6. The number of esters is 1. The predicted molar refractivity (Wildman–Crippen MR) is 61.6 cm³/mol. The minimum Gasteiger partial charge on any atom is -0.464 e. The average Bonchev–Trinajstić information content (AvgIpc) is 2.87. The minimum absolute atomic E-state index is 0.000836. The molecule has 1 heterocycles. The van der Waals surface area contributed by atoms with Crippen molar-refractivity contribution in [3.8, 4) is 5.69 Å². The number of benzene rings is 1. The molecule has 0 saturated heterocycles. The molecule has 0 unspecified atom stereocenters. The lowest BCUT2D eigenvalue weighted by molar-refractivity contribution is -0.384. The van der Waals surface area contributed by atoms with Crippen LogP contribution in [0, 0.1) is 10.1 Å². The monoisotopic (exact) mass is 247 g/mol. The molecule has 1 aromatic carbocycles. The Morgan fingerprint density at radius 1 is 1.33 bits per heavy atom. The van der Waals surface area contributed by atoms with E-state index in [1.165, 1.54) is 30.0 Å². The first-order chi connectivity index (χ1) is 8.61. The van der Waals surface area contributed by atoms with Crippen molar-refractivity contribution in [1.29, 1.82) is 0 Å². The van der Waals surface area contributed by atoms with Crippen molar-refractivity contribution in [2.24, 2.45) is 0 Å². The van der Waals surface area contributed by atoms with Gasteiger partial charge in [0.1, 0.15) is 0 Å². The van der Waals surface area contributed by atoms with Crippen molar-refractivity contribution in [2.45, 2.75) is 0 Å². The molecule has 18 heavy (non-hydrogen) atoms. The maximum absolute atomic E-state index is 11.2. The third kappa shape index (κ3) is 2.19. The number of aromatic nitrogens is 2. The van der Waals surface area contributed by atoms with E-state index in [-0.39, 0.29) is 11.4 Å². The number of hydrogen-bond donors (Lipinski definition) is 0. The summed E-state index contributed by atoms with van der Waals surface area (Å²) in [5.74, 6) is -0.532. The van der Waals surface area contributed by atoms with Crippen molar-refractivity contribution < 1.29 is 14.5 Å². The van der Waals surface area contributed by atoms with Gasteiger partial charge in [0.2, 0.25) is 0 Å². The summed E-state index contributed by atoms with van der Waals surface area (Å²) in [5, 5.41) is 14.5. The van der Waals surface area contributed by atoms with Crippen LogP contribution in [0.4, 0.5) is 5.69 Å². The Morgan fingerprint density at radius 3 is 2.56 bits per heavy atom. The van der Waals surface area contributed by atoms with Gasteiger partial charge >= 0.3 is 5.97 Å². The highest BCUT2D eigenvalue weighted by Crippen LogP contribution is 2.15. The number of methoxy groups -OCH3 is 1. The van der Waals surface area contributed by atoms with Crippen LogP contribution >= 0.6 is 0 Å². The smallest absolute Gasteiger partial charge is 0.358 e. The maximum atomic E-state index is 11.2. The molecule has 1 aromatic heterocycles. The molecule has 0 aliphatic heterocycles. The largest absolute Gasteiger partial charge is 0.464 e. The summed E-state index contributed by atoms with van der Waals surface area (Å²) in [4.78, 5) is 21.2. The van der Waals surface area contributed by atoms with Crippen LogP contribution < -0.4 is 0 Å². The van der Waals surface area contributed by atoms with E-state index in [0.29, 0.717) is 5.69 Å². The summed E-state index contributed by atoms with van der Waals surface area (Å²) in [6.07, 6.45) is 1.58. The molecule has 92 valence electrons. The van der Waals surface area contributed by atoms with E-state index in [2.05, 4.69) is 9.84 Å². The molecule has 0 atom stereocenters. The first-order valence-corrected chi connectivity index (χ1v) is 5.00. The third-order valence-corrected chi connectivity index (χ3v) is 2.31. The number of nitrogens with zero attached hydrogens (tertiary/aromatic N) is 3. The molecular formula is C11H9N3O4. The lowest BCUT2D eigenvalue weighted by atomic mass is 10.3. The summed E-state index contributed by atoms with van der Waals surface area (Å²) in [5.41, 5.74) is 0.797. The van der Waals surface area contributed by atoms with Crippen LogP contribution in [-0.2, 0) is 4.74 Å². The molecule has 0 bridgehead atoms. The van der Waals surface area contributed by atoms with Crippen LogP contribution in [0.15, 0.2) is 36.5 Å². The number of rotatable bonds is 3. The highest BCUT2D eigenvalue weighted by Gasteiger charge is 2.10. The molecule has 0 aliphatic rings. The molecule has 0 fully saturated rings. The van der Waals surface area contributed by atoms with Crippen molar-refractivity contribution in [3.05, 3.63) is 52.3 Å². The Kier molecular flexibility index (Phi) is 3.05. The van der Waals surface area contributed by atoms with Gasteiger partial charge in [0.15, 0.2) is 5.69 Å². The SMILES string of the molecule is COC(=O)c1ccn(-c2ccc([N+](=O)[O-])cc2)n1. The first-order valence-electron chi connectivity index (χ1n) is 5.00. The molecule has 2 aromatic rings. The highest BCUT2D eigenvalue weighted by molar-refractivity contribution is 5.86. The number of hydrogen-bond acceptors (Lipinski definition) is 5. The summed E-state index contributed by atoms with van der Waals surface area (Å²) in [6.45, 7) is 0. The number of nitro benzene ring substituents is 1. The lowest BCUT2D eigenvalue weighted by Crippen LogP contribution is -2.04. The van der Waals surface area contributed by atoms with E-state index in [1.54, 1.807) is 18.3 Å². The molecule has 7 heteroatoms. The van der Waals surface area contributed by atoms with Gasteiger partial charge in [-0.05, 0) is 18.2 Å². The number of carbonyl (C=O) groups is 1. The zero-order valence-corrected chi connectivity index (χ0v) is 9.44. The molecule has 0 radical (unpaired) electrons. The molecule has 0 aliphatic carbocycles. The van der Waals surface area contributed by atoms with Gasteiger partial charge < -0.3 is 4.74 Å². The van der Waals surface area contributed by atoms with Gasteiger partial charge in [-0.25, -0.2) is 9.48 Å². The van der Waals surface area contributed by atoms with Crippen molar-refractivity contribution in [2.75, 3.05) is 7.11 Å². The topological polar surface area (TPSA) is 87.3 Å². The molecular weight excluding hydrogens is 238 g/mol. The van der Waals surface area contributed by atoms with Crippen LogP contribution in [0.3, 0.4) is 0 Å². The number of ether oxygens (including phenoxy) is 1. The minimum atomic E-state index is -0.532. The fourth-order valence-electron chi connectivity index (χ4n) is 1.41. The molecule has 0 amide bonds. The zero-order chi connectivity index (χ0) is 13.1. The summed E-state index contributed by atoms with van der Waals surface area (Å²) < 4.78 is 5.97. The fraction of sp³-hybridized carbons (Fsp3) is 0.0909. The Bertz CT molecular complexity index is 589. The number of non-ortho nitro benzene ring substituents is 1. The second-order valence-corrected chi connectivity index (χ2v) is 3.41. The Labute approximate surface area is 102 Å². The lowest BCUT2D eigenvalue weighted by Gasteiger charge is -2.00. The average molecular weight is 247 g/mol. The van der Waals surface area contributed by atoms with E-state index in [1.807, 2.05) is 0 Å². The molecule has 7 nitrogen and oxygen atoms in total. The van der Waals surface area contributed by atoms with E-state index in [4.69, 9.17) is 0 Å². The summed E-state index contributed by atoms with van der Waals surface area (Å²) in [7, 11) is 1.27. The fourth-order valence-corrected chi connectivity index (χ4v) is 1.41. The van der Waals surface area contributed by atoms with Gasteiger partial charge in [-0.3, -0.25) is 10.1 Å². The normalized spacial score (nSPS) is 10.1. The number of carbonyl (C=O) groups excluding carboxylic acids is 1. The standard InChI is InChI=1S/C11H9N3O4/c1-18-11(15)10-6-7-13(12-10)8-2-4-9(5-3-8)14(16)17/h2-7H,1H3. The quantitative estimate of drug-likeness (QED) is 0.466. The van der Waals surface area contributed by atoms with Crippen LogP contribution in [0.25, 0.3) is 5.69 Å². The predicted octanol–water partition coefficient (Wildman–Crippen LogP) is 1.57. The summed E-state index contributed by atoms with van der Waals surface area (Å²) in [6, 6.07) is 7.34. The summed E-state index contributed by atoms with van der Waals surface area (Å²) >= 11 is 0. The first kappa shape index (κ1) is 11.8. The van der Waals surface area contributed by atoms with Crippen LogP contribution in [0.2, 0.25) is 0 Å². The van der Waals surface area contributed by atoms with Gasteiger partial charge in [-0.2, -0.15) is 5.10 Å². The second kappa shape index (κ2) is 4.66. The van der Waals surface area contributed by atoms with Crippen LogP contribution in [0.5, 0.6) is 0 Å². The molecule has 0 saturated carbocycles. The molecule has 0 N–H and O–H groups in total. The van der Waals surface area contributed by atoms with E-state index in [0.717, 1.165) is 0 Å². The Morgan fingerprint density at radius 2 is 2.00 bits per heavy atom. The van der Waals surface area contributed by atoms with E-state index >= 15 is 0 Å². The van der Waals surface area contributed by atoms with Gasteiger partial charge in [0.25, 0.3) is 5.69 Å².